The van der Waals surface area contributed by atoms with Crippen molar-refractivity contribution in [2.45, 2.75) is 21.3 Å². The lowest BCUT2D eigenvalue weighted by molar-refractivity contribution is 0.306. The van der Waals surface area contributed by atoms with E-state index in [0.717, 1.165) is 5.75 Å². The molecule has 0 saturated heterocycles. The van der Waals surface area contributed by atoms with Crippen LogP contribution in [0.15, 0.2) is 112 Å². The van der Waals surface area contributed by atoms with Gasteiger partial charge in [0.15, 0.2) is 0 Å². The van der Waals surface area contributed by atoms with E-state index in [0.29, 0.717) is 6.61 Å². The normalized spacial score (nSPS) is 13.1. The van der Waals surface area contributed by atoms with Crippen LogP contribution in [0.2, 0.25) is 0 Å². The number of hydrogen-bond donors (Lipinski definition) is 1. The van der Waals surface area contributed by atoms with Gasteiger partial charge in [0.1, 0.15) is 12.4 Å². The van der Waals surface area contributed by atoms with Crippen LogP contribution in [0.5, 0.6) is 5.75 Å². The number of fused-ring (bicyclic) bond motifs is 3. The number of benzene rings is 4. The highest BCUT2D eigenvalue weighted by molar-refractivity contribution is 14.1. The van der Waals surface area contributed by atoms with Crippen LogP contribution in [0.3, 0.4) is 0 Å². The molecular weight excluding hydrogens is 475 g/mol. The maximum atomic E-state index is 6.01. The molecule has 28 heavy (non-hydrogen) atoms. The molecule has 0 bridgehead atoms. The number of thiol groups is 1. The second-order valence-corrected chi connectivity index (χ2v) is 10.2. The number of ether oxygens (including phenoxy) is 1. The average molecular weight is 494 g/mol. The lowest BCUT2D eigenvalue weighted by Gasteiger charge is -2.19. The Morgan fingerprint density at radius 1 is 0.679 bits per heavy atom. The van der Waals surface area contributed by atoms with Gasteiger partial charge in [0.25, 0.3) is 0 Å². The number of rotatable bonds is 4. The predicted octanol–water partition coefficient (Wildman–Crippen LogP) is 7.33. The fraction of sp³-hybridized carbons (Fsp3) is 0.0400. The minimum Gasteiger partial charge on any atom is -0.489 e. The molecule has 138 valence electrons. The van der Waals surface area contributed by atoms with Crippen LogP contribution in [0, 0.1) is 3.57 Å². The van der Waals surface area contributed by atoms with Crippen LogP contribution in [0.1, 0.15) is 5.56 Å². The molecule has 0 N–H and O–H groups in total. The smallest absolute Gasteiger partial charge is 0.119 e. The maximum Gasteiger partial charge on any atom is 0.119 e. The molecule has 0 fully saturated rings. The highest BCUT2D eigenvalue weighted by atomic mass is 127. The Morgan fingerprint density at radius 2 is 1.32 bits per heavy atom. The molecule has 0 radical (unpaired) electrons. The van der Waals surface area contributed by atoms with Crippen LogP contribution < -0.4 is 4.74 Å². The lowest BCUT2D eigenvalue weighted by atomic mass is 10.1. The van der Waals surface area contributed by atoms with Crippen LogP contribution in [-0.4, -0.2) is 0 Å². The van der Waals surface area contributed by atoms with Crippen molar-refractivity contribution in [2.24, 2.45) is 0 Å². The summed E-state index contributed by atoms with van der Waals surface area (Å²) in [5.74, 6) is 0.915. The Balaban J connectivity index is 1.42. The second-order valence-electron chi connectivity index (χ2n) is 6.78. The molecule has 4 aromatic carbocycles. The summed E-state index contributed by atoms with van der Waals surface area (Å²) in [6, 6.07) is 34.7. The van der Waals surface area contributed by atoms with Gasteiger partial charge in [-0.2, -0.15) is 10.9 Å². The summed E-state index contributed by atoms with van der Waals surface area (Å²) >= 11 is 2.33. The SMILES string of the molecule is Ic1cccc(COc2ccc([SH]3c4ccccc4-c4ccccc43)cc2)c1. The van der Waals surface area contributed by atoms with Crippen LogP contribution in [0.25, 0.3) is 11.1 Å². The standard InChI is InChI=1S/C25H19IOS/c26-19-7-5-6-18(16-19)17-27-20-12-14-21(15-13-20)28-24-10-3-1-8-22(24)23-9-2-4-11-25(23)28/h1-16,28H,17H2. The van der Waals surface area contributed by atoms with Crippen molar-refractivity contribution in [3.63, 3.8) is 0 Å². The second kappa shape index (κ2) is 7.64. The quantitative estimate of drug-likeness (QED) is 0.203. The highest BCUT2D eigenvalue weighted by Crippen LogP contribution is 2.62. The summed E-state index contributed by atoms with van der Waals surface area (Å²) in [5.41, 5.74) is 3.95. The van der Waals surface area contributed by atoms with E-state index in [1.165, 1.54) is 34.9 Å². The molecule has 0 aromatic heterocycles. The summed E-state index contributed by atoms with van der Waals surface area (Å²) in [6.07, 6.45) is 0. The molecule has 1 aliphatic heterocycles. The molecule has 0 aliphatic carbocycles. The topological polar surface area (TPSA) is 9.23 Å². The van der Waals surface area contributed by atoms with Gasteiger partial charge >= 0.3 is 0 Å². The van der Waals surface area contributed by atoms with Gasteiger partial charge in [-0.15, -0.1) is 0 Å². The zero-order chi connectivity index (χ0) is 18.9. The third-order valence-corrected chi connectivity index (χ3v) is 8.20. The molecule has 0 saturated carbocycles. The molecule has 0 amide bonds. The largest absolute Gasteiger partial charge is 0.489 e. The molecule has 0 atom stereocenters. The molecule has 1 heterocycles. The lowest BCUT2D eigenvalue weighted by Crippen LogP contribution is -1.95. The Labute approximate surface area is 181 Å². The Kier molecular flexibility index (Phi) is 4.87. The van der Waals surface area contributed by atoms with Gasteiger partial charge in [0.2, 0.25) is 0 Å². The van der Waals surface area contributed by atoms with Crippen molar-refractivity contribution in [3.05, 3.63) is 106 Å². The zero-order valence-corrected chi connectivity index (χ0v) is 18.2. The van der Waals surface area contributed by atoms with Crippen molar-refractivity contribution in [2.75, 3.05) is 0 Å². The van der Waals surface area contributed by atoms with Gasteiger partial charge in [-0.05, 0) is 92.7 Å². The fourth-order valence-corrected chi connectivity index (χ4v) is 6.90. The number of halogens is 1. The minimum absolute atomic E-state index is 0.498. The molecule has 0 unspecified atom stereocenters. The van der Waals surface area contributed by atoms with Gasteiger partial charge in [-0.3, -0.25) is 0 Å². The molecule has 4 aromatic rings. The summed E-state index contributed by atoms with van der Waals surface area (Å²) in [6.45, 7) is 0.594. The number of hydrogen-bond acceptors (Lipinski definition) is 1. The van der Waals surface area contributed by atoms with E-state index < -0.39 is 10.9 Å². The summed E-state index contributed by atoms with van der Waals surface area (Å²) in [7, 11) is -0.498. The Hall–Kier alpha value is -2.24. The monoisotopic (exact) mass is 494 g/mol. The van der Waals surface area contributed by atoms with Gasteiger partial charge in [0, 0.05) is 13.4 Å². The van der Waals surface area contributed by atoms with Gasteiger partial charge in [-0.1, -0.05) is 48.5 Å². The molecule has 0 spiro atoms. The van der Waals surface area contributed by atoms with Crippen molar-refractivity contribution in [3.8, 4) is 16.9 Å². The molecule has 1 nitrogen and oxygen atoms in total. The van der Waals surface area contributed by atoms with E-state index in [2.05, 4.69) is 120 Å². The summed E-state index contributed by atoms with van der Waals surface area (Å²) < 4.78 is 7.24. The Morgan fingerprint density at radius 3 is 1.96 bits per heavy atom. The van der Waals surface area contributed by atoms with Crippen molar-refractivity contribution in [1.29, 1.82) is 0 Å². The van der Waals surface area contributed by atoms with E-state index in [1.807, 2.05) is 0 Å². The maximum absolute atomic E-state index is 6.01. The molecule has 1 aliphatic rings. The zero-order valence-electron chi connectivity index (χ0n) is 15.2. The van der Waals surface area contributed by atoms with Crippen molar-refractivity contribution < 1.29 is 4.74 Å². The van der Waals surface area contributed by atoms with Gasteiger partial charge < -0.3 is 4.74 Å². The van der Waals surface area contributed by atoms with Gasteiger partial charge in [-0.25, -0.2) is 0 Å². The average Bonchev–Trinajstić information content (AvgIpc) is 3.07. The minimum atomic E-state index is -0.498. The molecule has 3 heteroatoms. The molecule has 5 rings (SSSR count). The van der Waals surface area contributed by atoms with Crippen molar-refractivity contribution in [1.82, 2.24) is 0 Å². The first kappa shape index (κ1) is 17.8. The van der Waals surface area contributed by atoms with E-state index in [-0.39, 0.29) is 0 Å². The van der Waals surface area contributed by atoms with E-state index in [1.54, 1.807) is 0 Å². The van der Waals surface area contributed by atoms with Gasteiger partial charge in [0.05, 0.1) is 0 Å². The predicted molar refractivity (Wildman–Crippen MR) is 126 cm³/mol. The van der Waals surface area contributed by atoms with E-state index in [4.69, 9.17) is 4.74 Å². The Bertz CT molecular complexity index is 1090. The third kappa shape index (κ3) is 3.33. The van der Waals surface area contributed by atoms with Crippen LogP contribution >= 0.6 is 33.5 Å². The van der Waals surface area contributed by atoms with Crippen molar-refractivity contribution >= 4 is 33.5 Å². The third-order valence-electron chi connectivity index (χ3n) is 4.97. The summed E-state index contributed by atoms with van der Waals surface area (Å²) in [4.78, 5) is 4.27. The first-order chi connectivity index (χ1) is 13.8. The van der Waals surface area contributed by atoms with E-state index >= 15 is 0 Å². The fourth-order valence-electron chi connectivity index (χ4n) is 3.69. The van der Waals surface area contributed by atoms with Crippen LogP contribution in [-0.2, 0) is 6.61 Å². The molecular formula is C25H19IOS. The highest BCUT2D eigenvalue weighted by Gasteiger charge is 2.26. The first-order valence-electron chi connectivity index (χ1n) is 9.25. The summed E-state index contributed by atoms with van der Waals surface area (Å²) in [5, 5.41) is 0. The first-order valence-corrected chi connectivity index (χ1v) is 11.7. The van der Waals surface area contributed by atoms with Crippen LogP contribution in [0.4, 0.5) is 0 Å². The van der Waals surface area contributed by atoms with E-state index in [9.17, 15) is 0 Å².